The second-order valence-corrected chi connectivity index (χ2v) is 4.02. The van der Waals surface area contributed by atoms with Crippen molar-refractivity contribution < 1.29 is 18.3 Å². The van der Waals surface area contributed by atoms with E-state index in [-0.39, 0.29) is 6.61 Å². The second-order valence-electron chi connectivity index (χ2n) is 4.02. The third kappa shape index (κ3) is 4.02. The highest BCUT2D eigenvalue weighted by molar-refractivity contribution is 5.35. The van der Waals surface area contributed by atoms with Crippen molar-refractivity contribution in [2.45, 2.75) is 26.1 Å². The molecule has 2 nitrogen and oxygen atoms in total. The molecule has 0 spiro atoms. The molecule has 0 aliphatic heterocycles. The van der Waals surface area contributed by atoms with Crippen LogP contribution < -0.4 is 5.32 Å². The Kier molecular flexibility index (Phi) is 4.54. The number of aliphatic hydroxyl groups is 1. The quantitative estimate of drug-likeness (QED) is 0.856. The Morgan fingerprint density at radius 3 is 2.47 bits per heavy atom. The zero-order valence-corrected chi connectivity index (χ0v) is 9.80. The molecule has 96 valence electrons. The van der Waals surface area contributed by atoms with E-state index in [0.29, 0.717) is 5.56 Å². The van der Waals surface area contributed by atoms with E-state index in [0.717, 1.165) is 11.1 Å². The Labute approximate surface area is 98.5 Å². The predicted molar refractivity (Wildman–Crippen MR) is 59.8 cm³/mol. The van der Waals surface area contributed by atoms with Crippen LogP contribution in [0.5, 0.6) is 0 Å². The van der Waals surface area contributed by atoms with Crippen LogP contribution in [0.3, 0.4) is 0 Å². The first kappa shape index (κ1) is 14.0. The van der Waals surface area contributed by atoms with Crippen molar-refractivity contribution in [3.63, 3.8) is 0 Å². The number of aryl methyl sites for hydroxylation is 1. The summed E-state index contributed by atoms with van der Waals surface area (Å²) in [6.45, 7) is 2.26. The van der Waals surface area contributed by atoms with Crippen molar-refractivity contribution in [2.75, 3.05) is 13.2 Å². The lowest BCUT2D eigenvalue weighted by atomic mass is 9.98. The highest BCUT2D eigenvalue weighted by atomic mass is 19.4. The van der Waals surface area contributed by atoms with Crippen molar-refractivity contribution >= 4 is 0 Å². The van der Waals surface area contributed by atoms with Crippen LogP contribution in [0, 0.1) is 13.8 Å². The van der Waals surface area contributed by atoms with Gasteiger partial charge in [-0.25, -0.2) is 0 Å². The lowest BCUT2D eigenvalue weighted by Gasteiger charge is -2.20. The van der Waals surface area contributed by atoms with Crippen LogP contribution in [-0.4, -0.2) is 24.4 Å². The van der Waals surface area contributed by atoms with Gasteiger partial charge in [0.15, 0.2) is 0 Å². The van der Waals surface area contributed by atoms with Gasteiger partial charge in [0.25, 0.3) is 0 Å². The molecule has 0 saturated heterocycles. The van der Waals surface area contributed by atoms with Gasteiger partial charge in [-0.15, -0.1) is 0 Å². The molecule has 1 atom stereocenters. The summed E-state index contributed by atoms with van der Waals surface area (Å²) < 4.78 is 36.3. The molecule has 0 bridgehead atoms. The number of rotatable bonds is 4. The topological polar surface area (TPSA) is 32.3 Å². The van der Waals surface area contributed by atoms with Crippen molar-refractivity contribution in [3.8, 4) is 0 Å². The maximum Gasteiger partial charge on any atom is 0.401 e. The van der Waals surface area contributed by atoms with E-state index >= 15 is 0 Å². The smallest absolute Gasteiger partial charge is 0.394 e. The van der Waals surface area contributed by atoms with E-state index < -0.39 is 18.8 Å². The molecule has 1 aromatic rings. The van der Waals surface area contributed by atoms with Gasteiger partial charge < -0.3 is 5.11 Å². The van der Waals surface area contributed by atoms with E-state index in [1.54, 1.807) is 12.1 Å². The van der Waals surface area contributed by atoms with Crippen LogP contribution in [0.1, 0.15) is 22.7 Å². The Balaban J connectivity index is 2.83. The van der Waals surface area contributed by atoms with Crippen LogP contribution in [0.15, 0.2) is 18.2 Å². The second kappa shape index (κ2) is 5.51. The molecule has 17 heavy (non-hydrogen) atoms. The molecule has 0 fully saturated rings. The summed E-state index contributed by atoms with van der Waals surface area (Å²) in [5.41, 5.74) is 2.60. The monoisotopic (exact) mass is 247 g/mol. The zero-order chi connectivity index (χ0) is 13.1. The minimum Gasteiger partial charge on any atom is -0.394 e. The Bertz CT molecular complexity index is 377. The molecular formula is C12H16F3NO. The zero-order valence-electron chi connectivity index (χ0n) is 9.80. The van der Waals surface area contributed by atoms with Gasteiger partial charge >= 0.3 is 6.18 Å². The van der Waals surface area contributed by atoms with Gasteiger partial charge in [0, 0.05) is 0 Å². The average molecular weight is 247 g/mol. The molecule has 0 aliphatic rings. The van der Waals surface area contributed by atoms with Crippen LogP contribution in [0.2, 0.25) is 0 Å². The molecule has 1 aromatic carbocycles. The van der Waals surface area contributed by atoms with Crippen molar-refractivity contribution in [1.82, 2.24) is 5.32 Å². The lowest BCUT2D eigenvalue weighted by molar-refractivity contribution is -0.126. The van der Waals surface area contributed by atoms with Gasteiger partial charge in [0.05, 0.1) is 19.2 Å². The van der Waals surface area contributed by atoms with E-state index in [2.05, 4.69) is 5.32 Å². The molecule has 0 radical (unpaired) electrons. The largest absolute Gasteiger partial charge is 0.401 e. The fraction of sp³-hybridized carbons (Fsp3) is 0.500. The first-order chi connectivity index (χ1) is 7.85. The standard InChI is InChI=1S/C12H16F3NO/c1-8-4-3-5-10(9(8)2)11(6-17)16-7-12(13,14)15/h3-5,11,16-17H,6-7H2,1-2H3. The Morgan fingerprint density at radius 1 is 1.29 bits per heavy atom. The van der Waals surface area contributed by atoms with Crippen LogP contribution in [0.4, 0.5) is 13.2 Å². The minimum absolute atomic E-state index is 0.361. The van der Waals surface area contributed by atoms with Crippen LogP contribution in [-0.2, 0) is 0 Å². The van der Waals surface area contributed by atoms with Gasteiger partial charge in [0.1, 0.15) is 0 Å². The van der Waals surface area contributed by atoms with Crippen molar-refractivity contribution in [3.05, 3.63) is 34.9 Å². The highest BCUT2D eigenvalue weighted by Gasteiger charge is 2.28. The molecule has 2 N–H and O–H groups in total. The van der Waals surface area contributed by atoms with Crippen LogP contribution >= 0.6 is 0 Å². The molecule has 1 rings (SSSR count). The summed E-state index contributed by atoms with van der Waals surface area (Å²) in [7, 11) is 0. The van der Waals surface area contributed by atoms with E-state index in [9.17, 15) is 13.2 Å². The molecule has 0 aliphatic carbocycles. The number of alkyl halides is 3. The van der Waals surface area contributed by atoms with E-state index in [4.69, 9.17) is 5.11 Å². The summed E-state index contributed by atoms with van der Waals surface area (Å²) in [6.07, 6.45) is -4.27. The van der Waals surface area contributed by atoms with E-state index in [1.807, 2.05) is 19.9 Å². The average Bonchev–Trinajstić information content (AvgIpc) is 2.23. The SMILES string of the molecule is Cc1cccc(C(CO)NCC(F)(F)F)c1C. The number of hydrogen-bond donors (Lipinski definition) is 2. The Morgan fingerprint density at radius 2 is 1.94 bits per heavy atom. The maximum atomic E-state index is 12.1. The first-order valence-corrected chi connectivity index (χ1v) is 5.32. The first-order valence-electron chi connectivity index (χ1n) is 5.32. The van der Waals surface area contributed by atoms with Gasteiger partial charge in [-0.1, -0.05) is 18.2 Å². The molecule has 0 aromatic heterocycles. The van der Waals surface area contributed by atoms with E-state index in [1.165, 1.54) is 0 Å². The molecule has 0 heterocycles. The normalized spacial score (nSPS) is 13.8. The number of nitrogens with one attached hydrogen (secondary N) is 1. The van der Waals surface area contributed by atoms with Gasteiger partial charge in [0.2, 0.25) is 0 Å². The minimum atomic E-state index is -4.27. The summed E-state index contributed by atoms with van der Waals surface area (Å²) in [5.74, 6) is 0. The fourth-order valence-electron chi connectivity index (χ4n) is 1.66. The molecular weight excluding hydrogens is 231 g/mol. The summed E-state index contributed by atoms with van der Waals surface area (Å²) in [5, 5.41) is 11.5. The Hall–Kier alpha value is -1.07. The molecule has 1 unspecified atom stereocenters. The van der Waals surface area contributed by atoms with Gasteiger partial charge in [-0.2, -0.15) is 13.2 Å². The molecule has 0 saturated carbocycles. The maximum absolute atomic E-state index is 12.1. The molecule has 0 amide bonds. The number of benzene rings is 1. The fourth-order valence-corrected chi connectivity index (χ4v) is 1.66. The summed E-state index contributed by atoms with van der Waals surface area (Å²) in [6, 6.07) is 4.70. The summed E-state index contributed by atoms with van der Waals surface area (Å²) in [4.78, 5) is 0. The highest BCUT2D eigenvalue weighted by Crippen LogP contribution is 2.21. The van der Waals surface area contributed by atoms with Gasteiger partial charge in [-0.3, -0.25) is 5.32 Å². The van der Waals surface area contributed by atoms with Crippen LogP contribution in [0.25, 0.3) is 0 Å². The number of hydrogen-bond acceptors (Lipinski definition) is 2. The predicted octanol–water partition coefficient (Wildman–Crippen LogP) is 2.49. The van der Waals surface area contributed by atoms with Crippen molar-refractivity contribution in [1.29, 1.82) is 0 Å². The third-order valence-electron chi connectivity index (χ3n) is 2.75. The van der Waals surface area contributed by atoms with Crippen molar-refractivity contribution in [2.24, 2.45) is 0 Å². The number of aliphatic hydroxyl groups excluding tert-OH is 1. The summed E-state index contributed by atoms with van der Waals surface area (Å²) >= 11 is 0. The van der Waals surface area contributed by atoms with Gasteiger partial charge in [-0.05, 0) is 30.5 Å². The lowest BCUT2D eigenvalue weighted by Crippen LogP contribution is -2.34. The molecule has 5 heteroatoms. The number of halogens is 3. The third-order valence-corrected chi connectivity index (χ3v) is 2.75.